The molecule has 5 nitrogen and oxygen atoms in total. The largest absolute Gasteiger partial charge is 0.493 e. The van der Waals surface area contributed by atoms with E-state index < -0.39 is 6.29 Å². The molecule has 2 N–H and O–H groups in total. The number of ether oxygens (including phenoxy) is 4. The fourth-order valence-electron chi connectivity index (χ4n) is 1.91. The van der Waals surface area contributed by atoms with E-state index in [0.717, 1.165) is 12.0 Å². The van der Waals surface area contributed by atoms with Gasteiger partial charge in [-0.05, 0) is 18.6 Å². The topological polar surface area (TPSA) is 62.9 Å². The zero-order valence-corrected chi connectivity index (χ0v) is 11.1. The number of nitrogen functional groups attached to an aromatic ring is 1. The van der Waals surface area contributed by atoms with E-state index in [9.17, 15) is 0 Å². The third-order valence-corrected chi connectivity index (χ3v) is 2.77. The number of methoxy groups -OCH3 is 1. The van der Waals surface area contributed by atoms with E-state index in [-0.39, 0.29) is 0 Å². The Morgan fingerprint density at radius 3 is 2.79 bits per heavy atom. The van der Waals surface area contributed by atoms with Gasteiger partial charge in [0.1, 0.15) is 6.61 Å². The molecule has 1 heterocycles. The van der Waals surface area contributed by atoms with Gasteiger partial charge in [-0.2, -0.15) is 0 Å². The van der Waals surface area contributed by atoms with E-state index in [4.69, 9.17) is 24.7 Å². The van der Waals surface area contributed by atoms with Gasteiger partial charge in [0.15, 0.2) is 17.8 Å². The van der Waals surface area contributed by atoms with Gasteiger partial charge in [0, 0.05) is 5.56 Å². The molecule has 1 aliphatic rings. The molecule has 1 aromatic carbocycles. The van der Waals surface area contributed by atoms with Crippen LogP contribution in [0.4, 0.5) is 5.69 Å². The van der Waals surface area contributed by atoms with Crippen LogP contribution in [0.15, 0.2) is 24.8 Å². The molecule has 0 saturated carbocycles. The zero-order valence-electron chi connectivity index (χ0n) is 11.1. The lowest BCUT2D eigenvalue weighted by molar-refractivity contribution is -0.183. The summed E-state index contributed by atoms with van der Waals surface area (Å²) in [7, 11) is 1.57. The van der Waals surface area contributed by atoms with Crippen molar-refractivity contribution in [3.63, 3.8) is 0 Å². The van der Waals surface area contributed by atoms with Crippen LogP contribution < -0.4 is 15.2 Å². The second-order valence-electron chi connectivity index (χ2n) is 4.17. The van der Waals surface area contributed by atoms with Crippen LogP contribution in [-0.2, 0) is 9.47 Å². The quantitative estimate of drug-likeness (QED) is 0.653. The van der Waals surface area contributed by atoms with E-state index in [1.54, 1.807) is 19.3 Å². The van der Waals surface area contributed by atoms with Gasteiger partial charge in [0.25, 0.3) is 0 Å². The van der Waals surface area contributed by atoms with E-state index in [1.807, 2.05) is 6.07 Å². The summed E-state index contributed by atoms with van der Waals surface area (Å²) in [6.45, 7) is 5.34. The predicted octanol–water partition coefficient (Wildman–Crippen LogP) is 2.28. The molecule has 0 bridgehead atoms. The van der Waals surface area contributed by atoms with Crippen molar-refractivity contribution in [1.29, 1.82) is 0 Å². The molecular weight excluding hydrogens is 246 g/mol. The van der Waals surface area contributed by atoms with Crippen LogP contribution in [0.3, 0.4) is 0 Å². The van der Waals surface area contributed by atoms with E-state index >= 15 is 0 Å². The summed E-state index contributed by atoms with van der Waals surface area (Å²) in [6.07, 6.45) is 2.17. The highest BCUT2D eigenvalue weighted by atomic mass is 16.7. The summed E-state index contributed by atoms with van der Waals surface area (Å²) < 4.78 is 21.9. The van der Waals surface area contributed by atoms with Crippen LogP contribution in [0.2, 0.25) is 0 Å². The summed E-state index contributed by atoms with van der Waals surface area (Å²) in [5, 5.41) is 0. The first kappa shape index (κ1) is 13.7. The second-order valence-corrected chi connectivity index (χ2v) is 4.17. The molecule has 1 aromatic rings. The number of hydrogen-bond acceptors (Lipinski definition) is 5. The lowest BCUT2D eigenvalue weighted by Gasteiger charge is -2.24. The summed E-state index contributed by atoms with van der Waals surface area (Å²) in [4.78, 5) is 0. The Balaban J connectivity index is 2.26. The van der Waals surface area contributed by atoms with Crippen molar-refractivity contribution in [2.45, 2.75) is 12.7 Å². The molecule has 2 rings (SSSR count). The molecule has 104 valence electrons. The molecule has 1 fully saturated rings. The van der Waals surface area contributed by atoms with Crippen LogP contribution in [0, 0.1) is 0 Å². The first-order valence-electron chi connectivity index (χ1n) is 6.20. The Kier molecular flexibility index (Phi) is 4.65. The van der Waals surface area contributed by atoms with Crippen LogP contribution >= 0.6 is 0 Å². The average molecular weight is 265 g/mol. The number of anilines is 1. The van der Waals surface area contributed by atoms with Crippen molar-refractivity contribution in [3.05, 3.63) is 30.4 Å². The monoisotopic (exact) mass is 265 g/mol. The Bertz CT molecular complexity index is 441. The lowest BCUT2D eigenvalue weighted by atomic mass is 10.1. The molecule has 5 heteroatoms. The van der Waals surface area contributed by atoms with Crippen LogP contribution in [-0.4, -0.2) is 26.9 Å². The van der Waals surface area contributed by atoms with Gasteiger partial charge in [0.2, 0.25) is 0 Å². The third-order valence-electron chi connectivity index (χ3n) is 2.77. The van der Waals surface area contributed by atoms with Gasteiger partial charge in [-0.25, -0.2) is 0 Å². The minimum Gasteiger partial charge on any atom is -0.493 e. The highest BCUT2D eigenvalue weighted by Gasteiger charge is 2.20. The van der Waals surface area contributed by atoms with Gasteiger partial charge in [-0.3, -0.25) is 0 Å². The van der Waals surface area contributed by atoms with Crippen LogP contribution in [0.25, 0.3) is 0 Å². The summed E-state index contributed by atoms with van der Waals surface area (Å²) in [6, 6.07) is 3.61. The molecule has 0 unspecified atom stereocenters. The molecule has 0 aromatic heterocycles. The Morgan fingerprint density at radius 2 is 2.16 bits per heavy atom. The maximum Gasteiger partial charge on any atom is 0.184 e. The predicted molar refractivity (Wildman–Crippen MR) is 72.4 cm³/mol. The second kappa shape index (κ2) is 6.45. The fourth-order valence-corrected chi connectivity index (χ4v) is 1.91. The molecule has 19 heavy (non-hydrogen) atoms. The summed E-state index contributed by atoms with van der Waals surface area (Å²) >= 11 is 0. The Hall–Kier alpha value is -1.72. The first-order valence-corrected chi connectivity index (χ1v) is 6.20. The van der Waals surface area contributed by atoms with Gasteiger partial charge in [0.05, 0.1) is 26.0 Å². The van der Waals surface area contributed by atoms with Gasteiger partial charge in [-0.15, -0.1) is 0 Å². The molecular formula is C14H19NO4. The molecule has 0 atom stereocenters. The minimum atomic E-state index is -0.390. The van der Waals surface area contributed by atoms with Gasteiger partial charge >= 0.3 is 0 Å². The first-order chi connectivity index (χ1) is 9.26. The summed E-state index contributed by atoms with van der Waals surface area (Å²) in [5.74, 6) is 1.08. The van der Waals surface area contributed by atoms with Crippen molar-refractivity contribution >= 4 is 5.69 Å². The highest BCUT2D eigenvalue weighted by molar-refractivity contribution is 5.62. The van der Waals surface area contributed by atoms with E-state index in [0.29, 0.717) is 37.0 Å². The smallest absolute Gasteiger partial charge is 0.184 e. The maximum atomic E-state index is 5.99. The van der Waals surface area contributed by atoms with Crippen molar-refractivity contribution in [2.24, 2.45) is 0 Å². The molecule has 1 saturated heterocycles. The third kappa shape index (κ3) is 3.19. The standard InChI is InChI=1S/C14H19NO4/c1-3-5-17-13-11(15)8-10(9-12(13)16-2)14-18-6-4-7-19-14/h3,8-9,14H,1,4-7,15H2,2H3. The maximum absolute atomic E-state index is 5.99. The number of benzene rings is 1. The number of nitrogens with two attached hydrogens (primary N) is 1. The molecule has 0 amide bonds. The van der Waals surface area contributed by atoms with Gasteiger partial charge < -0.3 is 24.7 Å². The molecule has 1 aliphatic heterocycles. The lowest BCUT2D eigenvalue weighted by Crippen LogP contribution is -2.18. The van der Waals surface area contributed by atoms with Crippen LogP contribution in [0.5, 0.6) is 11.5 Å². The number of hydrogen-bond donors (Lipinski definition) is 1. The number of rotatable bonds is 5. The minimum absolute atomic E-state index is 0.371. The van der Waals surface area contributed by atoms with Crippen LogP contribution in [0.1, 0.15) is 18.3 Å². The molecule has 0 aliphatic carbocycles. The average Bonchev–Trinajstić information content (AvgIpc) is 2.46. The van der Waals surface area contributed by atoms with E-state index in [2.05, 4.69) is 6.58 Å². The SMILES string of the molecule is C=CCOc1c(N)cc(C2OCCCO2)cc1OC. The fraction of sp³-hybridized carbons (Fsp3) is 0.429. The Morgan fingerprint density at radius 1 is 1.42 bits per heavy atom. The van der Waals surface area contributed by atoms with Gasteiger partial charge in [-0.1, -0.05) is 12.7 Å². The Labute approximate surface area is 112 Å². The van der Waals surface area contributed by atoms with Crippen molar-refractivity contribution < 1.29 is 18.9 Å². The van der Waals surface area contributed by atoms with E-state index in [1.165, 1.54) is 0 Å². The molecule has 0 spiro atoms. The normalized spacial score (nSPS) is 16.1. The van der Waals surface area contributed by atoms with Crippen molar-refractivity contribution in [1.82, 2.24) is 0 Å². The van der Waals surface area contributed by atoms with Crippen molar-refractivity contribution in [3.8, 4) is 11.5 Å². The zero-order chi connectivity index (χ0) is 13.7. The van der Waals surface area contributed by atoms with Crippen molar-refractivity contribution in [2.75, 3.05) is 32.7 Å². The molecule has 0 radical (unpaired) electrons. The highest BCUT2D eigenvalue weighted by Crippen LogP contribution is 2.38. The summed E-state index contributed by atoms with van der Waals surface area (Å²) in [5.41, 5.74) is 7.32.